The number of nitrogens with zero attached hydrogens (tertiary/aromatic N) is 1. The Morgan fingerprint density at radius 3 is 2.19 bits per heavy atom. The summed E-state index contributed by atoms with van der Waals surface area (Å²) >= 11 is 0. The molecule has 1 aliphatic rings. The largest absolute Gasteiger partial charge is 0.379 e. The van der Waals surface area contributed by atoms with E-state index in [0.29, 0.717) is 10.6 Å². The van der Waals surface area contributed by atoms with Crippen molar-refractivity contribution in [2.75, 3.05) is 37.6 Å². The molecule has 0 radical (unpaired) electrons. The number of rotatable bonds is 7. The smallest absolute Gasteiger partial charge is 0.262 e. The number of morpholine rings is 1. The minimum atomic E-state index is -3.68. The van der Waals surface area contributed by atoms with Crippen molar-refractivity contribution >= 4 is 15.7 Å². The van der Waals surface area contributed by atoms with Crippen LogP contribution >= 0.6 is 0 Å². The highest BCUT2D eigenvalue weighted by molar-refractivity contribution is 7.92. The molecule has 0 aromatic heterocycles. The van der Waals surface area contributed by atoms with Gasteiger partial charge in [0.15, 0.2) is 0 Å². The van der Waals surface area contributed by atoms with E-state index in [1.807, 2.05) is 45.0 Å². The van der Waals surface area contributed by atoms with Gasteiger partial charge in [-0.25, -0.2) is 8.42 Å². The molecule has 5 nitrogen and oxygen atoms in total. The molecule has 176 valence electrons. The molecule has 1 fully saturated rings. The summed E-state index contributed by atoms with van der Waals surface area (Å²) in [6, 6.07) is 10.0. The van der Waals surface area contributed by atoms with Crippen LogP contribution in [0, 0.1) is 20.8 Å². The summed E-state index contributed by atoms with van der Waals surface area (Å²) in [6.07, 6.45) is 1.97. The summed E-state index contributed by atoms with van der Waals surface area (Å²) in [5.41, 5.74) is 5.52. The van der Waals surface area contributed by atoms with Crippen molar-refractivity contribution in [2.45, 2.75) is 64.7 Å². The van der Waals surface area contributed by atoms with Gasteiger partial charge in [-0.3, -0.25) is 9.62 Å². The number of benzene rings is 2. The lowest BCUT2D eigenvalue weighted by molar-refractivity contribution is 0.0375. The minimum absolute atomic E-state index is 0.0299. The van der Waals surface area contributed by atoms with Gasteiger partial charge in [0.25, 0.3) is 10.0 Å². The maximum absolute atomic E-state index is 13.3. The summed E-state index contributed by atoms with van der Waals surface area (Å²) in [5.74, 6) is 0. The second kappa shape index (κ2) is 9.94. The second-order valence-electron chi connectivity index (χ2n) is 10.1. The average Bonchev–Trinajstić information content (AvgIpc) is 2.66. The zero-order chi connectivity index (χ0) is 23.5. The van der Waals surface area contributed by atoms with E-state index < -0.39 is 10.0 Å². The lowest BCUT2D eigenvalue weighted by atomic mass is 9.85. The van der Waals surface area contributed by atoms with Gasteiger partial charge in [-0.1, -0.05) is 39.0 Å². The van der Waals surface area contributed by atoms with E-state index >= 15 is 0 Å². The SMILES string of the molecule is Cc1cc(CCCN2CCOCC2)cc(NS(=O)(=O)c2c(C)cc(C(C)(C)C)cc2C)c1. The van der Waals surface area contributed by atoms with E-state index in [4.69, 9.17) is 4.74 Å². The van der Waals surface area contributed by atoms with Gasteiger partial charge in [0.05, 0.1) is 18.1 Å². The Labute approximate surface area is 194 Å². The van der Waals surface area contributed by atoms with Crippen molar-refractivity contribution in [3.05, 3.63) is 58.1 Å². The quantitative estimate of drug-likeness (QED) is 0.636. The molecule has 6 heteroatoms. The zero-order valence-electron chi connectivity index (χ0n) is 20.4. The van der Waals surface area contributed by atoms with Crippen LogP contribution in [0.2, 0.25) is 0 Å². The molecule has 3 rings (SSSR count). The molecule has 1 N–H and O–H groups in total. The van der Waals surface area contributed by atoms with E-state index in [9.17, 15) is 8.42 Å². The van der Waals surface area contributed by atoms with E-state index in [1.165, 1.54) is 0 Å². The van der Waals surface area contributed by atoms with Crippen molar-refractivity contribution in [3.8, 4) is 0 Å². The normalized spacial score (nSPS) is 15.7. The molecule has 0 unspecified atom stereocenters. The van der Waals surface area contributed by atoms with Crippen molar-refractivity contribution in [1.29, 1.82) is 0 Å². The fourth-order valence-electron chi connectivity index (χ4n) is 4.41. The number of ether oxygens (including phenoxy) is 1. The van der Waals surface area contributed by atoms with Gasteiger partial charge in [0.2, 0.25) is 0 Å². The lowest BCUT2D eigenvalue weighted by Gasteiger charge is -2.26. The third-order valence-electron chi connectivity index (χ3n) is 6.03. The van der Waals surface area contributed by atoms with Crippen LogP contribution in [0.4, 0.5) is 5.69 Å². The van der Waals surface area contributed by atoms with Crippen LogP contribution in [-0.4, -0.2) is 46.2 Å². The molecular weight excluding hydrogens is 420 g/mol. The van der Waals surface area contributed by atoms with E-state index in [0.717, 1.165) is 73.5 Å². The standard InChI is InChI=1S/C26H38N2O3S/c1-19-14-22(8-7-9-28-10-12-31-13-11-28)18-24(15-19)27-32(29,30)25-20(2)16-23(17-21(25)3)26(4,5)6/h14-18,27H,7-13H2,1-6H3. The molecule has 0 bridgehead atoms. The van der Waals surface area contributed by atoms with Crippen molar-refractivity contribution in [2.24, 2.45) is 0 Å². The summed E-state index contributed by atoms with van der Waals surface area (Å²) in [7, 11) is -3.68. The van der Waals surface area contributed by atoms with Gasteiger partial charge in [0, 0.05) is 18.8 Å². The fraction of sp³-hybridized carbons (Fsp3) is 0.538. The van der Waals surface area contributed by atoms with Crippen molar-refractivity contribution < 1.29 is 13.2 Å². The van der Waals surface area contributed by atoms with Crippen LogP contribution in [0.3, 0.4) is 0 Å². The number of hydrogen-bond acceptors (Lipinski definition) is 4. The van der Waals surface area contributed by atoms with Gasteiger partial charge in [-0.2, -0.15) is 0 Å². The highest BCUT2D eigenvalue weighted by atomic mass is 32.2. The molecule has 2 aromatic rings. The number of sulfonamides is 1. The predicted molar refractivity (Wildman–Crippen MR) is 132 cm³/mol. The van der Waals surface area contributed by atoms with Crippen LogP contribution in [0.5, 0.6) is 0 Å². The number of anilines is 1. The summed E-state index contributed by atoms with van der Waals surface area (Å²) < 4.78 is 34.9. The molecule has 2 aromatic carbocycles. The average molecular weight is 459 g/mol. The first-order valence-electron chi connectivity index (χ1n) is 11.5. The minimum Gasteiger partial charge on any atom is -0.379 e. The Kier molecular flexibility index (Phi) is 7.69. The lowest BCUT2D eigenvalue weighted by Crippen LogP contribution is -2.36. The van der Waals surface area contributed by atoms with Crippen LogP contribution in [-0.2, 0) is 26.6 Å². The Morgan fingerprint density at radius 2 is 1.59 bits per heavy atom. The number of hydrogen-bond donors (Lipinski definition) is 1. The van der Waals surface area contributed by atoms with Crippen molar-refractivity contribution in [3.63, 3.8) is 0 Å². The van der Waals surface area contributed by atoms with Crippen LogP contribution in [0.1, 0.15) is 55.0 Å². The third-order valence-corrected chi connectivity index (χ3v) is 7.71. The van der Waals surface area contributed by atoms with Gasteiger partial charge >= 0.3 is 0 Å². The van der Waals surface area contributed by atoms with Gasteiger partial charge in [-0.05, 0) is 85.5 Å². The Morgan fingerprint density at radius 1 is 0.969 bits per heavy atom. The molecule has 0 spiro atoms. The summed E-state index contributed by atoms with van der Waals surface area (Å²) in [4.78, 5) is 2.80. The maximum Gasteiger partial charge on any atom is 0.262 e. The first-order chi connectivity index (χ1) is 15.0. The van der Waals surface area contributed by atoms with Gasteiger partial charge < -0.3 is 4.74 Å². The Hall–Kier alpha value is -1.89. The first-order valence-corrected chi connectivity index (χ1v) is 13.0. The molecule has 0 amide bonds. The number of nitrogens with one attached hydrogen (secondary N) is 1. The first kappa shape index (κ1) is 24.7. The summed E-state index contributed by atoms with van der Waals surface area (Å²) in [5, 5.41) is 0. The van der Waals surface area contributed by atoms with Crippen LogP contribution in [0.25, 0.3) is 0 Å². The van der Waals surface area contributed by atoms with Crippen molar-refractivity contribution in [1.82, 2.24) is 4.90 Å². The molecule has 0 atom stereocenters. The van der Waals surface area contributed by atoms with E-state index in [-0.39, 0.29) is 5.41 Å². The predicted octanol–water partition coefficient (Wildman–Crippen LogP) is 4.97. The highest BCUT2D eigenvalue weighted by Gasteiger charge is 2.23. The molecule has 1 saturated heterocycles. The highest BCUT2D eigenvalue weighted by Crippen LogP contribution is 2.30. The zero-order valence-corrected chi connectivity index (χ0v) is 21.2. The molecule has 0 aliphatic carbocycles. The Balaban J connectivity index is 1.76. The maximum atomic E-state index is 13.3. The third kappa shape index (κ3) is 6.33. The molecule has 0 saturated carbocycles. The van der Waals surface area contributed by atoms with E-state index in [2.05, 4.69) is 36.5 Å². The van der Waals surface area contributed by atoms with Gasteiger partial charge in [-0.15, -0.1) is 0 Å². The molecule has 32 heavy (non-hydrogen) atoms. The molecule has 1 aliphatic heterocycles. The van der Waals surface area contributed by atoms with Crippen LogP contribution in [0.15, 0.2) is 35.2 Å². The van der Waals surface area contributed by atoms with Gasteiger partial charge in [0.1, 0.15) is 0 Å². The second-order valence-corrected chi connectivity index (χ2v) is 11.7. The summed E-state index contributed by atoms with van der Waals surface area (Å²) in [6.45, 7) is 16.8. The molecular formula is C26H38N2O3S. The number of aryl methyl sites for hydroxylation is 4. The monoisotopic (exact) mass is 458 g/mol. The topological polar surface area (TPSA) is 58.6 Å². The molecule has 1 heterocycles. The Bertz CT molecular complexity index is 1030. The van der Waals surface area contributed by atoms with E-state index in [1.54, 1.807) is 0 Å². The fourth-order valence-corrected chi connectivity index (χ4v) is 5.91. The van der Waals surface area contributed by atoms with Crippen LogP contribution < -0.4 is 4.72 Å².